The van der Waals surface area contributed by atoms with Crippen LogP contribution >= 0.6 is 0 Å². The maximum Gasteiger partial charge on any atom is 0.251 e. The molecule has 2 N–H and O–H groups in total. The summed E-state index contributed by atoms with van der Waals surface area (Å²) in [5.74, 6) is 1.05. The Kier molecular flexibility index (Phi) is 4.74. The summed E-state index contributed by atoms with van der Waals surface area (Å²) in [5.41, 5.74) is 3.91. The highest BCUT2D eigenvalue weighted by molar-refractivity contribution is 5.98. The van der Waals surface area contributed by atoms with Gasteiger partial charge in [0.2, 0.25) is 0 Å². The highest BCUT2D eigenvalue weighted by atomic mass is 16.1. The van der Waals surface area contributed by atoms with E-state index in [1.165, 1.54) is 31.2 Å². The van der Waals surface area contributed by atoms with Crippen molar-refractivity contribution < 1.29 is 4.79 Å². The molecule has 1 saturated carbocycles. The second-order valence-electron chi connectivity index (χ2n) is 7.35. The van der Waals surface area contributed by atoms with Gasteiger partial charge in [0.05, 0.1) is 5.52 Å². The van der Waals surface area contributed by atoms with Crippen LogP contribution in [0.5, 0.6) is 0 Å². The molecular formula is C22H25N3O. The predicted octanol–water partition coefficient (Wildman–Crippen LogP) is 4.58. The molecule has 2 aromatic carbocycles. The third-order valence-electron chi connectivity index (χ3n) is 5.69. The lowest BCUT2D eigenvalue weighted by Gasteiger charge is -2.24. The zero-order chi connectivity index (χ0) is 17.9. The minimum Gasteiger partial charge on any atom is -0.351 e. The van der Waals surface area contributed by atoms with Crippen molar-refractivity contribution in [2.24, 2.45) is 5.92 Å². The van der Waals surface area contributed by atoms with E-state index in [-0.39, 0.29) is 5.91 Å². The summed E-state index contributed by atoms with van der Waals surface area (Å²) >= 11 is 0. The van der Waals surface area contributed by atoms with E-state index in [1.54, 1.807) is 0 Å². The normalized spacial score (nSPS) is 16.0. The van der Waals surface area contributed by atoms with Gasteiger partial charge in [0.1, 0.15) is 0 Å². The minimum absolute atomic E-state index is 0.00794. The van der Waals surface area contributed by atoms with Crippen LogP contribution in [-0.2, 0) is 0 Å². The highest BCUT2D eigenvalue weighted by Gasteiger charge is 2.26. The van der Waals surface area contributed by atoms with Gasteiger partial charge < -0.3 is 5.32 Å². The zero-order valence-corrected chi connectivity index (χ0v) is 15.2. The third-order valence-corrected chi connectivity index (χ3v) is 5.69. The van der Waals surface area contributed by atoms with Gasteiger partial charge in [-0.15, -0.1) is 0 Å². The minimum atomic E-state index is -0.00794. The SMILES string of the molecule is Cc1[nH]nc2ccc(C(=O)NCC(c3ccccc3)C3CCCC3)cc12. The number of nitrogens with zero attached hydrogens (tertiary/aromatic N) is 1. The van der Waals surface area contributed by atoms with Crippen LogP contribution in [0.4, 0.5) is 0 Å². The Balaban J connectivity index is 1.50. The van der Waals surface area contributed by atoms with Crippen molar-refractivity contribution in [2.75, 3.05) is 6.54 Å². The van der Waals surface area contributed by atoms with Crippen LogP contribution in [0.1, 0.15) is 53.2 Å². The van der Waals surface area contributed by atoms with Crippen LogP contribution in [0.2, 0.25) is 0 Å². The molecule has 0 radical (unpaired) electrons. The van der Waals surface area contributed by atoms with Gasteiger partial charge in [0, 0.05) is 29.1 Å². The standard InChI is InChI=1S/C22H25N3O/c1-15-19-13-18(11-12-21(19)25-24-15)22(26)23-14-20(17-9-5-6-10-17)16-7-3-2-4-8-16/h2-4,7-8,11-13,17,20H,5-6,9-10,14H2,1H3,(H,23,26)(H,24,25). The molecule has 3 aromatic rings. The van der Waals surface area contributed by atoms with Gasteiger partial charge in [-0.25, -0.2) is 0 Å². The summed E-state index contributed by atoms with van der Waals surface area (Å²) < 4.78 is 0. The molecule has 1 aromatic heterocycles. The van der Waals surface area contributed by atoms with Crippen LogP contribution in [0.3, 0.4) is 0 Å². The zero-order valence-electron chi connectivity index (χ0n) is 15.2. The molecule has 1 atom stereocenters. The Hall–Kier alpha value is -2.62. The summed E-state index contributed by atoms with van der Waals surface area (Å²) in [5, 5.41) is 11.4. The van der Waals surface area contributed by atoms with Gasteiger partial charge in [-0.1, -0.05) is 43.2 Å². The number of benzene rings is 2. The first kappa shape index (κ1) is 16.8. The molecule has 134 valence electrons. The molecule has 0 spiro atoms. The van der Waals surface area contributed by atoms with Crippen molar-refractivity contribution in [3.63, 3.8) is 0 Å². The molecule has 4 nitrogen and oxygen atoms in total. The monoisotopic (exact) mass is 347 g/mol. The summed E-state index contributed by atoms with van der Waals surface area (Å²) in [7, 11) is 0. The fourth-order valence-corrected chi connectivity index (χ4v) is 4.20. The van der Waals surface area contributed by atoms with Crippen molar-refractivity contribution in [3.05, 3.63) is 65.4 Å². The van der Waals surface area contributed by atoms with Gasteiger partial charge in [-0.3, -0.25) is 9.89 Å². The second kappa shape index (κ2) is 7.32. The smallest absolute Gasteiger partial charge is 0.251 e. The number of hydrogen-bond acceptors (Lipinski definition) is 2. The van der Waals surface area contributed by atoms with E-state index in [9.17, 15) is 4.79 Å². The lowest BCUT2D eigenvalue weighted by atomic mass is 9.84. The molecule has 0 saturated heterocycles. The molecule has 1 fully saturated rings. The molecule has 1 unspecified atom stereocenters. The first-order valence-electron chi connectivity index (χ1n) is 9.50. The van der Waals surface area contributed by atoms with Gasteiger partial charge >= 0.3 is 0 Å². The maximum atomic E-state index is 12.7. The first-order chi connectivity index (χ1) is 12.7. The van der Waals surface area contributed by atoms with Gasteiger partial charge in [-0.05, 0) is 49.4 Å². The molecule has 1 amide bonds. The Bertz CT molecular complexity index is 894. The number of nitrogens with one attached hydrogen (secondary N) is 2. The van der Waals surface area contributed by atoms with Crippen LogP contribution in [0, 0.1) is 12.8 Å². The highest BCUT2D eigenvalue weighted by Crippen LogP contribution is 2.37. The van der Waals surface area contributed by atoms with E-state index < -0.39 is 0 Å². The van der Waals surface area contributed by atoms with Gasteiger partial charge in [-0.2, -0.15) is 5.10 Å². The van der Waals surface area contributed by atoms with E-state index >= 15 is 0 Å². The Morgan fingerprint density at radius 3 is 2.73 bits per heavy atom. The topological polar surface area (TPSA) is 57.8 Å². The fourth-order valence-electron chi connectivity index (χ4n) is 4.20. The third kappa shape index (κ3) is 3.36. The molecule has 0 bridgehead atoms. The average molecular weight is 347 g/mol. The number of hydrogen-bond donors (Lipinski definition) is 2. The number of carbonyl (C=O) groups is 1. The van der Waals surface area contributed by atoms with E-state index in [4.69, 9.17) is 0 Å². The lowest BCUT2D eigenvalue weighted by molar-refractivity contribution is 0.0948. The van der Waals surface area contributed by atoms with Crippen LogP contribution < -0.4 is 5.32 Å². The van der Waals surface area contributed by atoms with Crippen molar-refractivity contribution in [1.29, 1.82) is 0 Å². The maximum absolute atomic E-state index is 12.7. The number of H-pyrrole nitrogens is 1. The van der Waals surface area contributed by atoms with E-state index in [1.807, 2.05) is 25.1 Å². The van der Waals surface area contributed by atoms with Crippen molar-refractivity contribution in [3.8, 4) is 0 Å². The molecule has 4 heteroatoms. The Morgan fingerprint density at radius 2 is 1.96 bits per heavy atom. The molecule has 1 aliphatic carbocycles. The summed E-state index contributed by atoms with van der Waals surface area (Å²) in [6.07, 6.45) is 5.13. The van der Waals surface area contributed by atoms with E-state index in [2.05, 4.69) is 45.8 Å². The Morgan fingerprint density at radius 1 is 1.19 bits per heavy atom. The molecule has 1 aliphatic rings. The summed E-state index contributed by atoms with van der Waals surface area (Å²) in [4.78, 5) is 12.7. The number of amides is 1. The lowest BCUT2D eigenvalue weighted by Crippen LogP contribution is -2.31. The van der Waals surface area contributed by atoms with Crippen LogP contribution in [0.25, 0.3) is 10.9 Å². The first-order valence-corrected chi connectivity index (χ1v) is 9.50. The predicted molar refractivity (Wildman–Crippen MR) is 104 cm³/mol. The summed E-state index contributed by atoms with van der Waals surface area (Å²) in [6, 6.07) is 16.3. The van der Waals surface area contributed by atoms with Crippen LogP contribution in [0.15, 0.2) is 48.5 Å². The fraction of sp³-hybridized carbons (Fsp3) is 0.364. The van der Waals surface area contributed by atoms with Gasteiger partial charge in [0.25, 0.3) is 5.91 Å². The van der Waals surface area contributed by atoms with Gasteiger partial charge in [0.15, 0.2) is 0 Å². The number of aromatic nitrogens is 2. The number of aromatic amines is 1. The molecule has 1 heterocycles. The molecular weight excluding hydrogens is 322 g/mol. The molecule has 0 aliphatic heterocycles. The van der Waals surface area contributed by atoms with Crippen molar-refractivity contribution >= 4 is 16.8 Å². The molecule has 4 rings (SSSR count). The van der Waals surface area contributed by atoms with Crippen molar-refractivity contribution in [1.82, 2.24) is 15.5 Å². The number of fused-ring (bicyclic) bond motifs is 1. The Labute approximate surface area is 154 Å². The van der Waals surface area contributed by atoms with E-state index in [0.717, 1.165) is 16.6 Å². The van der Waals surface area contributed by atoms with Crippen LogP contribution in [-0.4, -0.2) is 22.6 Å². The number of rotatable bonds is 5. The number of carbonyl (C=O) groups excluding carboxylic acids is 1. The van der Waals surface area contributed by atoms with Crippen molar-refractivity contribution in [2.45, 2.75) is 38.5 Å². The largest absolute Gasteiger partial charge is 0.351 e. The van der Waals surface area contributed by atoms with E-state index in [0.29, 0.717) is 23.9 Å². The second-order valence-corrected chi connectivity index (χ2v) is 7.35. The average Bonchev–Trinajstić information content (AvgIpc) is 3.33. The summed E-state index contributed by atoms with van der Waals surface area (Å²) in [6.45, 7) is 2.67. The molecule has 26 heavy (non-hydrogen) atoms. The number of aryl methyl sites for hydroxylation is 1. The quantitative estimate of drug-likeness (QED) is 0.710.